The van der Waals surface area contributed by atoms with Crippen molar-refractivity contribution in [2.24, 2.45) is 22.7 Å². The van der Waals surface area contributed by atoms with Crippen LogP contribution in [0, 0.1) is 22.7 Å². The topological polar surface area (TPSA) is 25.8 Å². The van der Waals surface area contributed by atoms with E-state index in [-0.39, 0.29) is 0 Å². The van der Waals surface area contributed by atoms with Crippen molar-refractivity contribution in [3.63, 3.8) is 0 Å². The summed E-state index contributed by atoms with van der Waals surface area (Å²) in [5, 5.41) is 0. The summed E-state index contributed by atoms with van der Waals surface area (Å²) in [6.07, 6.45) is 4.74. The van der Waals surface area contributed by atoms with Crippen LogP contribution in [0.15, 0.2) is 84.9 Å². The first-order valence-corrected chi connectivity index (χ1v) is 15.4. The quantitative estimate of drug-likeness (QED) is 0.260. The van der Waals surface area contributed by atoms with Gasteiger partial charge >= 0.3 is 0 Å². The summed E-state index contributed by atoms with van der Waals surface area (Å²) < 4.78 is 0. The molecule has 2 fully saturated rings. The number of hydrogen-bond acceptors (Lipinski definition) is 2. The largest absolute Gasteiger partial charge is 0.251 e. The Balaban J connectivity index is 1.19. The highest BCUT2D eigenvalue weighted by atomic mass is 14.8. The van der Waals surface area contributed by atoms with E-state index < -0.39 is 0 Å². The Kier molecular flexibility index (Phi) is 5.29. The SMILES string of the molecule is CC1(C)[C@@H]2C[C@H]1c1ccc(-c3ccc4c(n3)C(Cc3ccccc3)[C@H]3C[C@@H]4C3(C)C)nc1C2Cc1ccccc1. The molecule has 0 saturated heterocycles. The molecule has 6 aliphatic rings. The Bertz CT molecular complexity index is 1460. The Hall–Kier alpha value is -3.26. The molecule has 2 saturated carbocycles. The van der Waals surface area contributed by atoms with Crippen LogP contribution in [-0.2, 0) is 12.8 Å². The van der Waals surface area contributed by atoms with Crippen LogP contribution in [-0.4, -0.2) is 9.97 Å². The first-order chi connectivity index (χ1) is 19.3. The van der Waals surface area contributed by atoms with Crippen molar-refractivity contribution in [3.8, 4) is 11.4 Å². The van der Waals surface area contributed by atoms with Gasteiger partial charge in [0.25, 0.3) is 0 Å². The third kappa shape index (κ3) is 3.47. The Labute approximate surface area is 239 Å². The Morgan fingerprint density at radius 1 is 0.550 bits per heavy atom. The van der Waals surface area contributed by atoms with Crippen LogP contribution in [0.1, 0.15) is 97.8 Å². The lowest BCUT2D eigenvalue weighted by Gasteiger charge is -2.60. The van der Waals surface area contributed by atoms with Gasteiger partial charge in [-0.25, -0.2) is 0 Å². The second kappa shape index (κ2) is 8.62. The van der Waals surface area contributed by atoms with E-state index in [2.05, 4.69) is 113 Å². The first-order valence-electron chi connectivity index (χ1n) is 15.4. The van der Waals surface area contributed by atoms with E-state index in [4.69, 9.17) is 9.97 Å². The van der Waals surface area contributed by atoms with Gasteiger partial charge in [0.15, 0.2) is 0 Å². The number of hydrogen-bond donors (Lipinski definition) is 0. The molecule has 0 aliphatic heterocycles. The van der Waals surface area contributed by atoms with Gasteiger partial charge < -0.3 is 0 Å². The third-order valence-corrected chi connectivity index (χ3v) is 11.9. The Morgan fingerprint density at radius 2 is 0.950 bits per heavy atom. The number of nitrogens with zero attached hydrogens (tertiary/aromatic N) is 2. The highest BCUT2D eigenvalue weighted by molar-refractivity contribution is 5.59. The van der Waals surface area contributed by atoms with Crippen LogP contribution in [0.2, 0.25) is 0 Å². The van der Waals surface area contributed by atoms with Gasteiger partial charge in [-0.05, 0) is 94.6 Å². The third-order valence-electron chi connectivity index (χ3n) is 11.9. The fourth-order valence-electron chi connectivity index (χ4n) is 9.37. The molecule has 2 nitrogen and oxygen atoms in total. The van der Waals surface area contributed by atoms with Gasteiger partial charge in [-0.1, -0.05) is 100 Å². The van der Waals surface area contributed by atoms with Crippen molar-refractivity contribution in [3.05, 3.63) is 119 Å². The minimum Gasteiger partial charge on any atom is -0.251 e. The maximum Gasteiger partial charge on any atom is 0.0889 e. The van der Waals surface area contributed by atoms with Gasteiger partial charge in [-0.3, -0.25) is 9.97 Å². The maximum atomic E-state index is 5.46. The summed E-state index contributed by atoms with van der Waals surface area (Å²) in [5.74, 6) is 3.57. The zero-order valence-corrected chi connectivity index (χ0v) is 24.3. The van der Waals surface area contributed by atoms with Gasteiger partial charge in [0.1, 0.15) is 0 Å². The van der Waals surface area contributed by atoms with Crippen molar-refractivity contribution < 1.29 is 0 Å². The summed E-state index contributed by atoms with van der Waals surface area (Å²) in [5.41, 5.74) is 11.3. The molecule has 0 spiro atoms. The molecule has 4 aromatic rings. The predicted octanol–water partition coefficient (Wildman–Crippen LogP) is 9.08. The van der Waals surface area contributed by atoms with Crippen molar-refractivity contribution in [2.45, 2.75) is 77.0 Å². The van der Waals surface area contributed by atoms with Crippen LogP contribution in [0.5, 0.6) is 0 Å². The molecule has 2 aromatic heterocycles. The van der Waals surface area contributed by atoms with Gasteiger partial charge in [0.05, 0.1) is 11.4 Å². The molecular weight excluding hydrogens is 484 g/mol. The molecule has 2 aromatic carbocycles. The van der Waals surface area contributed by atoms with E-state index in [0.29, 0.717) is 46.3 Å². The summed E-state index contributed by atoms with van der Waals surface area (Å²) in [4.78, 5) is 10.9. The van der Waals surface area contributed by atoms with Crippen LogP contribution < -0.4 is 0 Å². The molecule has 2 unspecified atom stereocenters. The van der Waals surface area contributed by atoms with Gasteiger partial charge in [0, 0.05) is 23.2 Å². The molecule has 202 valence electrons. The second-order valence-corrected chi connectivity index (χ2v) is 14.4. The molecular formula is C38H40N2. The highest BCUT2D eigenvalue weighted by Gasteiger charge is 2.58. The fourth-order valence-corrected chi connectivity index (χ4v) is 9.37. The van der Waals surface area contributed by atoms with E-state index in [0.717, 1.165) is 24.2 Å². The zero-order valence-electron chi connectivity index (χ0n) is 24.3. The summed E-state index contributed by atoms with van der Waals surface area (Å²) in [7, 11) is 0. The zero-order chi connectivity index (χ0) is 27.2. The van der Waals surface area contributed by atoms with Gasteiger partial charge in [-0.15, -0.1) is 0 Å². The lowest BCUT2D eigenvalue weighted by Crippen LogP contribution is -2.51. The maximum absolute atomic E-state index is 5.46. The molecule has 0 radical (unpaired) electrons. The number of rotatable bonds is 5. The molecule has 0 N–H and O–H groups in total. The average Bonchev–Trinajstić information content (AvgIpc) is 2.97. The van der Waals surface area contributed by atoms with E-state index in [1.807, 2.05) is 0 Å². The van der Waals surface area contributed by atoms with Crippen LogP contribution in [0.3, 0.4) is 0 Å². The number of aromatic nitrogens is 2. The molecule has 2 heteroatoms. The minimum atomic E-state index is 0.345. The summed E-state index contributed by atoms with van der Waals surface area (Å²) >= 11 is 0. The van der Waals surface area contributed by atoms with Gasteiger partial charge in [0.2, 0.25) is 0 Å². The normalized spacial score (nSPS) is 29.9. The monoisotopic (exact) mass is 524 g/mol. The summed E-state index contributed by atoms with van der Waals surface area (Å²) in [6, 6.07) is 31.4. The van der Waals surface area contributed by atoms with Crippen molar-refractivity contribution in [2.75, 3.05) is 0 Å². The van der Waals surface area contributed by atoms with Crippen molar-refractivity contribution in [1.29, 1.82) is 0 Å². The molecule has 6 aliphatic carbocycles. The second-order valence-electron chi connectivity index (χ2n) is 14.4. The molecule has 6 atom stereocenters. The van der Waals surface area contributed by atoms with Crippen LogP contribution >= 0.6 is 0 Å². The average molecular weight is 525 g/mol. The van der Waals surface area contributed by atoms with E-state index in [1.54, 1.807) is 0 Å². The van der Waals surface area contributed by atoms with E-state index in [9.17, 15) is 0 Å². The number of benzene rings is 2. The van der Waals surface area contributed by atoms with Crippen LogP contribution in [0.4, 0.5) is 0 Å². The standard InChI is InChI=1S/C38H40N2/c1-37(2)29-21-31(37)27(19-23-11-7-5-8-12-23)35-25(29)15-17-33(39-35)34-18-16-26-30-22-32(38(30,3)4)28(36(26)40-34)20-24-13-9-6-10-14-24/h5-18,27-32H,19-22H2,1-4H3/t27?,28?,29-,30-,31+,32+/m0/s1. The van der Waals surface area contributed by atoms with E-state index >= 15 is 0 Å². The highest BCUT2D eigenvalue weighted by Crippen LogP contribution is 2.68. The summed E-state index contributed by atoms with van der Waals surface area (Å²) in [6.45, 7) is 9.91. The lowest BCUT2D eigenvalue weighted by molar-refractivity contribution is -0.00770. The molecule has 10 rings (SSSR count). The fraction of sp³-hybridized carbons (Fsp3) is 0.421. The minimum absolute atomic E-state index is 0.345. The molecule has 0 amide bonds. The Morgan fingerprint density at radius 3 is 1.32 bits per heavy atom. The predicted molar refractivity (Wildman–Crippen MR) is 162 cm³/mol. The molecule has 2 heterocycles. The molecule has 40 heavy (non-hydrogen) atoms. The van der Waals surface area contributed by atoms with Crippen molar-refractivity contribution in [1.82, 2.24) is 9.97 Å². The van der Waals surface area contributed by atoms with Gasteiger partial charge in [-0.2, -0.15) is 0 Å². The first kappa shape index (κ1) is 24.5. The lowest BCUT2D eigenvalue weighted by atomic mass is 9.44. The van der Waals surface area contributed by atoms with E-state index in [1.165, 1.54) is 46.5 Å². The smallest absolute Gasteiger partial charge is 0.0889 e. The molecule has 4 bridgehead atoms. The van der Waals surface area contributed by atoms with Crippen LogP contribution in [0.25, 0.3) is 11.4 Å². The number of pyridine rings is 2. The van der Waals surface area contributed by atoms with Crippen molar-refractivity contribution >= 4 is 0 Å².